The Morgan fingerprint density at radius 3 is 2.95 bits per heavy atom. The van der Waals surface area contributed by atoms with Gasteiger partial charge >= 0.3 is 0 Å². The van der Waals surface area contributed by atoms with Gasteiger partial charge in [-0.1, -0.05) is 6.07 Å². The molecule has 2 aromatic rings. The fourth-order valence-corrected chi connectivity index (χ4v) is 1.81. The van der Waals surface area contributed by atoms with E-state index in [2.05, 4.69) is 10.3 Å². The summed E-state index contributed by atoms with van der Waals surface area (Å²) < 4.78 is 33.6. The van der Waals surface area contributed by atoms with Crippen molar-refractivity contribution in [3.8, 4) is 0 Å². The van der Waals surface area contributed by atoms with Crippen molar-refractivity contribution in [3.05, 3.63) is 42.2 Å². The zero-order valence-electron chi connectivity index (χ0n) is 10.7. The first-order valence-electron chi connectivity index (χ1n) is 5.86. The average molecular weight is 267 g/mol. The molecular formula is C13H15F2N3O. The molecule has 2 rings (SSSR count). The topological polar surface area (TPSA) is 39.1 Å². The van der Waals surface area contributed by atoms with E-state index in [0.29, 0.717) is 12.6 Å². The summed E-state index contributed by atoms with van der Waals surface area (Å²) in [5.74, 6) is -1.38. The summed E-state index contributed by atoms with van der Waals surface area (Å²) in [6.45, 7) is 2.44. The van der Waals surface area contributed by atoms with Gasteiger partial charge in [-0.25, -0.2) is 13.8 Å². The fourth-order valence-electron chi connectivity index (χ4n) is 1.81. The molecule has 0 aliphatic heterocycles. The third kappa shape index (κ3) is 2.90. The Hall–Kier alpha value is -1.95. The van der Waals surface area contributed by atoms with Crippen molar-refractivity contribution < 1.29 is 13.5 Å². The minimum atomic E-state index is -0.920. The fraction of sp³-hybridized carbons (Fsp3) is 0.308. The van der Waals surface area contributed by atoms with Crippen LogP contribution >= 0.6 is 0 Å². The molecular weight excluding hydrogens is 252 g/mol. The van der Waals surface area contributed by atoms with Crippen molar-refractivity contribution in [2.45, 2.75) is 13.0 Å². The molecule has 0 aliphatic carbocycles. The highest BCUT2D eigenvalue weighted by atomic mass is 19.2. The molecule has 0 saturated carbocycles. The van der Waals surface area contributed by atoms with Crippen molar-refractivity contribution in [2.24, 2.45) is 0 Å². The van der Waals surface area contributed by atoms with Crippen molar-refractivity contribution >= 4 is 11.6 Å². The van der Waals surface area contributed by atoms with E-state index in [1.807, 2.05) is 6.92 Å². The van der Waals surface area contributed by atoms with Gasteiger partial charge in [-0.3, -0.25) is 0 Å². The van der Waals surface area contributed by atoms with Crippen LogP contribution in [0.3, 0.4) is 0 Å². The lowest BCUT2D eigenvalue weighted by atomic mass is 10.3. The maximum atomic E-state index is 13.6. The molecule has 0 amide bonds. The highest BCUT2D eigenvalue weighted by Crippen LogP contribution is 2.22. The highest BCUT2D eigenvalue weighted by Gasteiger charge is 2.13. The van der Waals surface area contributed by atoms with E-state index in [0.717, 1.165) is 6.07 Å². The molecule has 1 heterocycles. The second-order valence-electron chi connectivity index (χ2n) is 4.19. The SMILES string of the molecule is COCC(C)n1ccnc1Nc1cccc(F)c1F. The van der Waals surface area contributed by atoms with Crippen LogP contribution in [-0.2, 0) is 4.74 Å². The molecule has 1 N–H and O–H groups in total. The van der Waals surface area contributed by atoms with Crippen molar-refractivity contribution in [1.82, 2.24) is 9.55 Å². The van der Waals surface area contributed by atoms with Crippen molar-refractivity contribution in [3.63, 3.8) is 0 Å². The number of nitrogens with one attached hydrogen (secondary N) is 1. The zero-order valence-corrected chi connectivity index (χ0v) is 10.7. The molecule has 4 nitrogen and oxygen atoms in total. The largest absolute Gasteiger partial charge is 0.383 e. The van der Waals surface area contributed by atoms with Gasteiger partial charge in [0.15, 0.2) is 11.6 Å². The summed E-state index contributed by atoms with van der Waals surface area (Å²) in [5.41, 5.74) is 0.0528. The number of methoxy groups -OCH3 is 1. The van der Waals surface area contributed by atoms with Gasteiger partial charge in [0.05, 0.1) is 18.3 Å². The van der Waals surface area contributed by atoms with Crippen molar-refractivity contribution in [2.75, 3.05) is 19.0 Å². The number of nitrogens with zero attached hydrogens (tertiary/aromatic N) is 2. The first-order valence-corrected chi connectivity index (χ1v) is 5.86. The van der Waals surface area contributed by atoms with Gasteiger partial charge < -0.3 is 14.6 Å². The summed E-state index contributed by atoms with van der Waals surface area (Å²) in [7, 11) is 1.60. The first kappa shape index (κ1) is 13.5. The number of benzene rings is 1. The van der Waals surface area contributed by atoms with Gasteiger partial charge in [-0.15, -0.1) is 0 Å². The molecule has 0 fully saturated rings. The second kappa shape index (κ2) is 5.79. The smallest absolute Gasteiger partial charge is 0.207 e. The number of aromatic nitrogens is 2. The molecule has 102 valence electrons. The molecule has 0 bridgehead atoms. The van der Waals surface area contributed by atoms with Crippen LogP contribution in [0.15, 0.2) is 30.6 Å². The third-order valence-corrected chi connectivity index (χ3v) is 2.75. The summed E-state index contributed by atoms with van der Waals surface area (Å²) in [5, 5.41) is 2.78. The van der Waals surface area contributed by atoms with Crippen LogP contribution in [0.5, 0.6) is 0 Å². The predicted octanol–water partition coefficient (Wildman–Crippen LogP) is 3.11. The maximum Gasteiger partial charge on any atom is 0.207 e. The van der Waals surface area contributed by atoms with Crippen LogP contribution in [0.4, 0.5) is 20.4 Å². The number of halogens is 2. The Bertz CT molecular complexity index is 557. The summed E-state index contributed by atoms with van der Waals surface area (Å²) in [4.78, 5) is 4.09. The van der Waals surface area contributed by atoms with Crippen LogP contribution in [0, 0.1) is 11.6 Å². The lowest BCUT2D eigenvalue weighted by Crippen LogP contribution is -2.13. The molecule has 6 heteroatoms. The Kier molecular flexibility index (Phi) is 4.11. The molecule has 0 spiro atoms. The molecule has 1 aromatic carbocycles. The minimum absolute atomic E-state index is 0.0339. The molecule has 1 atom stereocenters. The summed E-state index contributed by atoms with van der Waals surface area (Å²) >= 11 is 0. The first-order chi connectivity index (χ1) is 9.13. The Labute approximate surface area is 110 Å². The predicted molar refractivity (Wildman–Crippen MR) is 68.5 cm³/mol. The van der Waals surface area contributed by atoms with Crippen LogP contribution in [0.2, 0.25) is 0 Å². The van der Waals surface area contributed by atoms with E-state index in [4.69, 9.17) is 4.74 Å². The number of rotatable bonds is 5. The number of ether oxygens (including phenoxy) is 1. The summed E-state index contributed by atoms with van der Waals surface area (Å²) in [6, 6.07) is 4.00. The van der Waals surface area contributed by atoms with Gasteiger partial charge in [-0.05, 0) is 19.1 Å². The number of hydrogen-bond donors (Lipinski definition) is 1. The Morgan fingerprint density at radius 1 is 1.42 bits per heavy atom. The molecule has 0 radical (unpaired) electrons. The highest BCUT2D eigenvalue weighted by molar-refractivity contribution is 5.54. The van der Waals surface area contributed by atoms with Gasteiger partial charge in [0, 0.05) is 19.5 Å². The quantitative estimate of drug-likeness (QED) is 0.904. The van der Waals surface area contributed by atoms with E-state index in [-0.39, 0.29) is 11.7 Å². The van der Waals surface area contributed by atoms with Gasteiger partial charge in [-0.2, -0.15) is 0 Å². The normalized spacial score (nSPS) is 12.4. The molecule has 0 saturated heterocycles. The standard InChI is InChI=1S/C13H15F2N3O/c1-9(8-19-2)18-7-6-16-13(18)17-11-5-3-4-10(14)12(11)15/h3-7,9H,8H2,1-2H3,(H,16,17). The maximum absolute atomic E-state index is 13.6. The number of anilines is 2. The third-order valence-electron chi connectivity index (χ3n) is 2.75. The molecule has 0 aliphatic rings. The minimum Gasteiger partial charge on any atom is -0.383 e. The number of imidazole rings is 1. The van der Waals surface area contributed by atoms with E-state index in [1.165, 1.54) is 12.1 Å². The van der Waals surface area contributed by atoms with E-state index in [1.54, 1.807) is 24.1 Å². The van der Waals surface area contributed by atoms with Gasteiger partial charge in [0.1, 0.15) is 0 Å². The van der Waals surface area contributed by atoms with Crippen LogP contribution in [0.25, 0.3) is 0 Å². The van der Waals surface area contributed by atoms with Crippen LogP contribution in [0.1, 0.15) is 13.0 Å². The monoisotopic (exact) mass is 267 g/mol. The van der Waals surface area contributed by atoms with E-state index >= 15 is 0 Å². The average Bonchev–Trinajstić information content (AvgIpc) is 2.83. The lowest BCUT2D eigenvalue weighted by molar-refractivity contribution is 0.163. The molecule has 19 heavy (non-hydrogen) atoms. The molecule has 1 unspecified atom stereocenters. The van der Waals surface area contributed by atoms with Crippen LogP contribution < -0.4 is 5.32 Å². The van der Waals surface area contributed by atoms with Crippen molar-refractivity contribution in [1.29, 1.82) is 0 Å². The zero-order chi connectivity index (χ0) is 13.8. The van der Waals surface area contributed by atoms with E-state index in [9.17, 15) is 8.78 Å². The van der Waals surface area contributed by atoms with Gasteiger partial charge in [0.25, 0.3) is 0 Å². The van der Waals surface area contributed by atoms with Gasteiger partial charge in [0.2, 0.25) is 5.95 Å². The Balaban J connectivity index is 2.24. The Morgan fingerprint density at radius 2 is 2.21 bits per heavy atom. The number of hydrogen-bond acceptors (Lipinski definition) is 3. The van der Waals surface area contributed by atoms with Crippen LogP contribution in [-0.4, -0.2) is 23.3 Å². The van der Waals surface area contributed by atoms with E-state index < -0.39 is 11.6 Å². The summed E-state index contributed by atoms with van der Waals surface area (Å²) in [6.07, 6.45) is 3.34. The molecule has 1 aromatic heterocycles. The second-order valence-corrected chi connectivity index (χ2v) is 4.19. The lowest BCUT2D eigenvalue weighted by Gasteiger charge is -2.16.